The van der Waals surface area contributed by atoms with Crippen LogP contribution in [-0.4, -0.2) is 49.4 Å². The zero-order chi connectivity index (χ0) is 24.6. The van der Waals surface area contributed by atoms with Crippen LogP contribution in [0.3, 0.4) is 0 Å². The average Bonchev–Trinajstić information content (AvgIpc) is 3.48. The first-order valence-corrected chi connectivity index (χ1v) is 11.8. The molecule has 4 aromatic rings. The van der Waals surface area contributed by atoms with Crippen molar-refractivity contribution < 1.29 is 9.90 Å². The van der Waals surface area contributed by atoms with Crippen LogP contribution in [0.1, 0.15) is 23.2 Å². The smallest absolute Gasteiger partial charge is 0.258 e. The van der Waals surface area contributed by atoms with Crippen molar-refractivity contribution >= 4 is 28.9 Å². The molecule has 1 fully saturated rings. The van der Waals surface area contributed by atoms with E-state index in [1.54, 1.807) is 36.3 Å². The van der Waals surface area contributed by atoms with Gasteiger partial charge in [0.05, 0.1) is 22.6 Å². The number of nitriles is 1. The maximum Gasteiger partial charge on any atom is 0.258 e. The van der Waals surface area contributed by atoms with Gasteiger partial charge in [0.1, 0.15) is 16.8 Å². The minimum absolute atomic E-state index is 0.291. The van der Waals surface area contributed by atoms with Gasteiger partial charge < -0.3 is 15.3 Å². The minimum Gasteiger partial charge on any atom is -0.375 e. The van der Waals surface area contributed by atoms with E-state index in [0.717, 1.165) is 16.3 Å². The number of hydrogen-bond acceptors (Lipinski definition) is 9. The number of pyridine rings is 1. The summed E-state index contributed by atoms with van der Waals surface area (Å²) < 4.78 is 0. The lowest BCUT2D eigenvalue weighted by Crippen LogP contribution is -2.36. The predicted octanol–water partition coefficient (Wildman–Crippen LogP) is 3.64. The Morgan fingerprint density at radius 2 is 2.06 bits per heavy atom. The highest BCUT2D eigenvalue weighted by Gasteiger charge is 2.45. The molecular formula is C25H21N7O2S. The quantitative estimate of drug-likeness (QED) is 0.440. The summed E-state index contributed by atoms with van der Waals surface area (Å²) in [5.74, 6) is 0.0753. The molecule has 0 bridgehead atoms. The van der Waals surface area contributed by atoms with Crippen LogP contribution in [0.4, 0.5) is 11.6 Å². The van der Waals surface area contributed by atoms with Gasteiger partial charge in [-0.15, -0.1) is 11.3 Å². The van der Waals surface area contributed by atoms with Gasteiger partial charge in [-0.05, 0) is 30.7 Å². The van der Waals surface area contributed by atoms with E-state index in [0.29, 0.717) is 47.1 Å². The molecule has 0 aliphatic carbocycles. The highest BCUT2D eigenvalue weighted by molar-refractivity contribution is 7.13. The second kappa shape index (κ2) is 8.87. The Morgan fingerprint density at radius 1 is 1.20 bits per heavy atom. The third-order valence-electron chi connectivity index (χ3n) is 5.98. The molecule has 0 radical (unpaired) electrons. The van der Waals surface area contributed by atoms with Crippen molar-refractivity contribution in [3.63, 3.8) is 0 Å². The maximum atomic E-state index is 12.5. The molecule has 0 unspecified atom stereocenters. The second-order valence-electron chi connectivity index (χ2n) is 8.31. The first kappa shape index (κ1) is 22.6. The number of aryl methyl sites for hydroxylation is 1. The number of nitrogens with one attached hydrogen (secondary N) is 1. The SMILES string of the molecule is Cc1ncc(C#N)cc1Nc1nccc(-c2csc(-c3cccc([C@]4(O)CCN(C)C4=O)c3)n2)n1. The van der Waals surface area contributed by atoms with Crippen molar-refractivity contribution in [2.45, 2.75) is 18.9 Å². The van der Waals surface area contributed by atoms with Gasteiger partial charge in [-0.25, -0.2) is 15.0 Å². The van der Waals surface area contributed by atoms with Gasteiger partial charge in [-0.1, -0.05) is 18.2 Å². The van der Waals surface area contributed by atoms with E-state index in [1.807, 2.05) is 30.5 Å². The topological polar surface area (TPSA) is 128 Å². The van der Waals surface area contributed by atoms with E-state index < -0.39 is 5.60 Å². The minimum atomic E-state index is -1.51. The molecule has 9 nitrogen and oxygen atoms in total. The van der Waals surface area contributed by atoms with E-state index in [-0.39, 0.29) is 5.91 Å². The fourth-order valence-electron chi connectivity index (χ4n) is 3.96. The second-order valence-corrected chi connectivity index (χ2v) is 9.17. The Bertz CT molecular complexity index is 1480. The number of carbonyl (C=O) groups is 1. The molecule has 5 rings (SSSR count). The molecule has 35 heavy (non-hydrogen) atoms. The molecule has 1 aliphatic rings. The van der Waals surface area contributed by atoms with Crippen LogP contribution in [0.15, 0.2) is 54.2 Å². The Morgan fingerprint density at radius 3 is 2.83 bits per heavy atom. The van der Waals surface area contributed by atoms with Crippen molar-refractivity contribution in [3.8, 4) is 28.0 Å². The fourth-order valence-corrected chi connectivity index (χ4v) is 4.77. The average molecular weight is 484 g/mol. The molecule has 0 saturated carbocycles. The van der Waals surface area contributed by atoms with Crippen LogP contribution in [0.25, 0.3) is 22.0 Å². The van der Waals surface area contributed by atoms with E-state index in [9.17, 15) is 9.90 Å². The number of rotatable bonds is 5. The van der Waals surface area contributed by atoms with Gasteiger partial charge in [0, 0.05) is 43.4 Å². The van der Waals surface area contributed by atoms with E-state index in [1.165, 1.54) is 17.5 Å². The zero-order valence-corrected chi connectivity index (χ0v) is 19.9. The third kappa shape index (κ3) is 4.23. The van der Waals surface area contributed by atoms with E-state index >= 15 is 0 Å². The van der Waals surface area contributed by atoms with Crippen molar-refractivity contribution in [3.05, 3.63) is 71.0 Å². The molecule has 0 spiro atoms. The highest BCUT2D eigenvalue weighted by Crippen LogP contribution is 2.36. The molecule has 174 valence electrons. The molecule has 1 aromatic carbocycles. The molecule has 3 aromatic heterocycles. The summed E-state index contributed by atoms with van der Waals surface area (Å²) in [5, 5.41) is 25.9. The van der Waals surface area contributed by atoms with Crippen molar-refractivity contribution in [1.29, 1.82) is 5.26 Å². The van der Waals surface area contributed by atoms with Gasteiger partial charge in [0.25, 0.3) is 5.91 Å². The summed E-state index contributed by atoms with van der Waals surface area (Å²) >= 11 is 1.45. The molecule has 1 atom stereocenters. The zero-order valence-electron chi connectivity index (χ0n) is 19.1. The van der Waals surface area contributed by atoms with Crippen LogP contribution >= 0.6 is 11.3 Å². The van der Waals surface area contributed by atoms with E-state index in [2.05, 4.69) is 26.3 Å². The number of anilines is 2. The molecule has 10 heteroatoms. The van der Waals surface area contributed by atoms with Crippen molar-refractivity contribution in [1.82, 2.24) is 24.8 Å². The van der Waals surface area contributed by atoms with Gasteiger partial charge in [0.2, 0.25) is 5.95 Å². The molecule has 1 aliphatic heterocycles. The lowest BCUT2D eigenvalue weighted by atomic mass is 9.91. The first-order valence-electron chi connectivity index (χ1n) is 10.9. The summed E-state index contributed by atoms with van der Waals surface area (Å²) in [4.78, 5) is 31.9. The predicted molar refractivity (Wildman–Crippen MR) is 132 cm³/mol. The fraction of sp³-hybridized carbons (Fsp3) is 0.200. The molecular weight excluding hydrogens is 462 g/mol. The monoisotopic (exact) mass is 483 g/mol. The number of likely N-dealkylation sites (N-methyl/N-ethyl adjacent to an activating group) is 1. The normalized spacial score (nSPS) is 17.4. The first-order chi connectivity index (χ1) is 16.9. The summed E-state index contributed by atoms with van der Waals surface area (Å²) in [6.45, 7) is 2.35. The highest BCUT2D eigenvalue weighted by atomic mass is 32.1. The molecule has 1 amide bonds. The largest absolute Gasteiger partial charge is 0.375 e. The number of likely N-dealkylation sites (tertiary alicyclic amines) is 1. The Hall–Kier alpha value is -4.20. The Labute approximate surface area is 205 Å². The molecule has 2 N–H and O–H groups in total. The van der Waals surface area contributed by atoms with Crippen LogP contribution in [0.2, 0.25) is 0 Å². The number of nitrogens with zero attached hydrogens (tertiary/aromatic N) is 6. The number of benzene rings is 1. The Kier molecular flexibility index (Phi) is 5.72. The summed E-state index contributed by atoms with van der Waals surface area (Å²) in [6, 6.07) is 12.9. The summed E-state index contributed by atoms with van der Waals surface area (Å²) in [5.41, 5.74) is 3.01. The van der Waals surface area contributed by atoms with Crippen molar-refractivity contribution in [2.75, 3.05) is 18.9 Å². The van der Waals surface area contributed by atoms with Gasteiger partial charge in [-0.3, -0.25) is 9.78 Å². The van der Waals surface area contributed by atoms with E-state index in [4.69, 9.17) is 10.2 Å². The summed E-state index contributed by atoms with van der Waals surface area (Å²) in [7, 11) is 1.69. The number of thiazole rings is 1. The standard InChI is InChI=1S/C25H21N7O2S/c1-15-20(10-16(12-26)13-28-15)31-24-27-8-6-19(30-24)21-14-35-22(29-21)17-4-3-5-18(11-17)25(34)7-9-32(2)23(25)33/h3-6,8,10-11,13-14,34H,7,9H2,1-2H3,(H,27,30,31)/t25-/m1/s1. The lowest BCUT2D eigenvalue weighted by molar-refractivity contribution is -0.143. The maximum absolute atomic E-state index is 12.5. The van der Waals surface area contributed by atoms with Gasteiger partial charge >= 0.3 is 0 Å². The molecule has 4 heterocycles. The Balaban J connectivity index is 1.41. The third-order valence-corrected chi connectivity index (χ3v) is 6.87. The van der Waals surface area contributed by atoms with Crippen LogP contribution in [0, 0.1) is 18.3 Å². The number of aromatic nitrogens is 4. The van der Waals surface area contributed by atoms with Gasteiger partial charge in [-0.2, -0.15) is 5.26 Å². The number of amides is 1. The lowest BCUT2D eigenvalue weighted by Gasteiger charge is -2.21. The van der Waals surface area contributed by atoms with Crippen LogP contribution in [-0.2, 0) is 10.4 Å². The van der Waals surface area contributed by atoms with Gasteiger partial charge in [0.15, 0.2) is 5.60 Å². The van der Waals surface area contributed by atoms with Crippen LogP contribution < -0.4 is 5.32 Å². The van der Waals surface area contributed by atoms with Crippen molar-refractivity contribution in [2.24, 2.45) is 0 Å². The van der Waals surface area contributed by atoms with Crippen LogP contribution in [0.5, 0.6) is 0 Å². The summed E-state index contributed by atoms with van der Waals surface area (Å²) in [6.07, 6.45) is 3.51. The molecule has 1 saturated heterocycles. The number of aliphatic hydroxyl groups is 1. The number of carbonyl (C=O) groups excluding carboxylic acids is 1. The number of hydrogen-bond donors (Lipinski definition) is 2.